The van der Waals surface area contributed by atoms with Crippen LogP contribution in [0.2, 0.25) is 0 Å². The highest BCUT2D eigenvalue weighted by atomic mass is 32.2. The topological polar surface area (TPSA) is 72.5 Å². The zero-order valence-corrected chi connectivity index (χ0v) is 15.1. The molecule has 0 aliphatic carbocycles. The Bertz CT molecular complexity index is 942. The zero-order valence-electron chi connectivity index (χ0n) is 14.2. The smallest absolute Gasteiger partial charge is 0.248 e. The van der Waals surface area contributed by atoms with Crippen molar-refractivity contribution in [3.8, 4) is 5.75 Å². The molecule has 0 fully saturated rings. The van der Waals surface area contributed by atoms with Gasteiger partial charge in [-0.2, -0.15) is 0 Å². The molecule has 1 heterocycles. The summed E-state index contributed by atoms with van der Waals surface area (Å²) in [6.45, 7) is 3.53. The van der Waals surface area contributed by atoms with E-state index >= 15 is 0 Å². The summed E-state index contributed by atoms with van der Waals surface area (Å²) in [4.78, 5) is 12.3. The Labute approximate surface area is 147 Å². The zero-order chi connectivity index (χ0) is 18.2. The van der Waals surface area contributed by atoms with Gasteiger partial charge in [-0.3, -0.25) is 4.79 Å². The molecule has 0 aromatic heterocycles. The highest BCUT2D eigenvalue weighted by molar-refractivity contribution is 7.92. The molecule has 1 aliphatic heterocycles. The van der Waals surface area contributed by atoms with Crippen molar-refractivity contribution in [3.05, 3.63) is 65.2 Å². The van der Waals surface area contributed by atoms with E-state index in [-0.39, 0.29) is 10.8 Å². The molecule has 0 saturated heterocycles. The van der Waals surface area contributed by atoms with Crippen molar-refractivity contribution in [2.24, 2.45) is 0 Å². The maximum absolute atomic E-state index is 13.1. The number of carbonyl (C=O) groups excluding carboxylic acids is 1. The van der Waals surface area contributed by atoms with E-state index in [1.54, 1.807) is 62.6 Å². The number of hydrogen-bond donors (Lipinski definition) is 1. The van der Waals surface area contributed by atoms with Crippen molar-refractivity contribution >= 4 is 21.3 Å². The Balaban J connectivity index is 2.08. The summed E-state index contributed by atoms with van der Waals surface area (Å²) >= 11 is 0. The summed E-state index contributed by atoms with van der Waals surface area (Å²) in [5.41, 5.74) is 2.54. The van der Waals surface area contributed by atoms with Gasteiger partial charge < -0.3 is 10.1 Å². The van der Waals surface area contributed by atoms with Gasteiger partial charge in [-0.25, -0.2) is 8.42 Å². The summed E-state index contributed by atoms with van der Waals surface area (Å²) in [5, 5.41) is 1.50. The normalized spacial score (nSPS) is 17.6. The van der Waals surface area contributed by atoms with Crippen LogP contribution in [0.25, 0.3) is 5.57 Å². The van der Waals surface area contributed by atoms with Crippen molar-refractivity contribution in [2.45, 2.75) is 24.1 Å². The maximum Gasteiger partial charge on any atom is 0.248 e. The van der Waals surface area contributed by atoms with Gasteiger partial charge in [0.2, 0.25) is 15.7 Å². The van der Waals surface area contributed by atoms with Crippen molar-refractivity contribution < 1.29 is 17.9 Å². The lowest BCUT2D eigenvalue weighted by Gasteiger charge is -2.17. The van der Waals surface area contributed by atoms with Crippen LogP contribution in [0, 0.1) is 6.92 Å². The third kappa shape index (κ3) is 3.05. The molecule has 1 aliphatic rings. The molecule has 1 atom stereocenters. The molecule has 1 N–H and O–H groups in total. The molecule has 130 valence electrons. The fourth-order valence-corrected chi connectivity index (χ4v) is 4.53. The average Bonchev–Trinajstić information content (AvgIpc) is 2.91. The molecule has 1 amide bonds. The number of methoxy groups -OCH3 is 1. The first kappa shape index (κ1) is 17.2. The molecule has 0 saturated carbocycles. The number of hydrogen-bond acceptors (Lipinski definition) is 4. The Morgan fingerprint density at radius 3 is 2.12 bits per heavy atom. The van der Waals surface area contributed by atoms with Crippen LogP contribution in [0.1, 0.15) is 18.1 Å². The third-order valence-electron chi connectivity index (χ3n) is 4.33. The van der Waals surface area contributed by atoms with E-state index in [9.17, 15) is 13.2 Å². The van der Waals surface area contributed by atoms with Crippen molar-refractivity contribution in [1.29, 1.82) is 0 Å². The lowest BCUT2D eigenvalue weighted by Crippen LogP contribution is -2.35. The quantitative estimate of drug-likeness (QED) is 0.913. The molecule has 5 nitrogen and oxygen atoms in total. The van der Waals surface area contributed by atoms with Gasteiger partial charge in [-0.15, -0.1) is 0 Å². The van der Waals surface area contributed by atoms with Crippen LogP contribution in [0.15, 0.2) is 59.0 Å². The van der Waals surface area contributed by atoms with Gasteiger partial charge in [0.1, 0.15) is 5.75 Å². The van der Waals surface area contributed by atoms with Crippen molar-refractivity contribution in [2.75, 3.05) is 7.11 Å². The molecule has 0 spiro atoms. The van der Waals surface area contributed by atoms with E-state index in [1.165, 1.54) is 0 Å². The summed E-state index contributed by atoms with van der Waals surface area (Å²) in [7, 11) is -2.20. The first-order valence-corrected chi connectivity index (χ1v) is 9.36. The van der Waals surface area contributed by atoms with Crippen LogP contribution in [0.3, 0.4) is 0 Å². The van der Waals surface area contributed by atoms with Crippen LogP contribution in [0.4, 0.5) is 0 Å². The minimum atomic E-state index is -3.76. The van der Waals surface area contributed by atoms with Crippen molar-refractivity contribution in [3.63, 3.8) is 0 Å². The first-order chi connectivity index (χ1) is 11.8. The summed E-state index contributed by atoms with van der Waals surface area (Å²) in [6.07, 6.45) is 0. The minimum Gasteiger partial charge on any atom is -0.497 e. The maximum atomic E-state index is 13.1. The van der Waals surface area contributed by atoms with E-state index in [4.69, 9.17) is 4.74 Å². The lowest BCUT2D eigenvalue weighted by atomic mass is 10.0. The Kier molecular flexibility index (Phi) is 4.39. The van der Waals surface area contributed by atoms with Gasteiger partial charge >= 0.3 is 0 Å². The standard InChI is InChI=1S/C19H19NO4S/c1-12-4-10-16(11-5-12)25(22,23)19-17(13(2)18(21)20-19)14-6-8-15(24-3)9-7-14/h4-11,19H,1-3H3,(H,20,21). The number of sulfone groups is 1. The van der Waals surface area contributed by atoms with Gasteiger partial charge in [0.05, 0.1) is 12.0 Å². The molecule has 0 bridgehead atoms. The van der Waals surface area contributed by atoms with E-state index in [0.29, 0.717) is 22.5 Å². The van der Waals surface area contributed by atoms with Crippen LogP contribution in [-0.4, -0.2) is 26.8 Å². The van der Waals surface area contributed by atoms with Crippen LogP contribution >= 0.6 is 0 Å². The second-order valence-electron chi connectivity index (χ2n) is 5.98. The molecule has 6 heteroatoms. The monoisotopic (exact) mass is 357 g/mol. The molecular weight excluding hydrogens is 338 g/mol. The fourth-order valence-electron chi connectivity index (χ4n) is 2.85. The number of benzene rings is 2. The molecule has 2 aromatic carbocycles. The predicted octanol–water partition coefficient (Wildman–Crippen LogP) is 2.71. The summed E-state index contributed by atoms with van der Waals surface area (Å²) < 4.78 is 31.3. The van der Waals surface area contributed by atoms with Crippen LogP contribution in [0.5, 0.6) is 5.75 Å². The number of aryl methyl sites for hydroxylation is 1. The molecule has 25 heavy (non-hydrogen) atoms. The Morgan fingerprint density at radius 2 is 1.56 bits per heavy atom. The van der Waals surface area contributed by atoms with Crippen LogP contribution in [-0.2, 0) is 14.6 Å². The molecule has 1 unspecified atom stereocenters. The fraction of sp³-hybridized carbons (Fsp3) is 0.211. The van der Waals surface area contributed by atoms with E-state index < -0.39 is 15.2 Å². The largest absolute Gasteiger partial charge is 0.497 e. The van der Waals surface area contributed by atoms with Gasteiger partial charge in [-0.05, 0) is 43.7 Å². The Morgan fingerprint density at radius 1 is 0.960 bits per heavy atom. The highest BCUT2D eigenvalue weighted by Gasteiger charge is 2.39. The number of ether oxygens (including phenoxy) is 1. The van der Waals surface area contributed by atoms with Crippen LogP contribution < -0.4 is 10.1 Å². The second kappa shape index (κ2) is 6.37. The van der Waals surface area contributed by atoms with E-state index in [2.05, 4.69) is 5.32 Å². The molecular formula is C19H19NO4S. The Hall–Kier alpha value is -2.60. The average molecular weight is 357 g/mol. The molecule has 2 aromatic rings. The minimum absolute atomic E-state index is 0.184. The van der Waals surface area contributed by atoms with Gasteiger partial charge in [0, 0.05) is 11.1 Å². The SMILES string of the molecule is COc1ccc(C2=C(C)C(=O)NC2S(=O)(=O)c2ccc(C)cc2)cc1. The highest BCUT2D eigenvalue weighted by Crippen LogP contribution is 2.34. The molecule has 3 rings (SSSR count). The summed E-state index contributed by atoms with van der Waals surface area (Å²) in [5.74, 6) is 0.295. The van der Waals surface area contributed by atoms with E-state index in [0.717, 1.165) is 5.56 Å². The number of rotatable bonds is 4. The lowest BCUT2D eigenvalue weighted by molar-refractivity contribution is -0.116. The summed E-state index contributed by atoms with van der Waals surface area (Å²) in [6, 6.07) is 13.6. The number of nitrogens with one attached hydrogen (secondary N) is 1. The van der Waals surface area contributed by atoms with Crippen molar-refractivity contribution in [1.82, 2.24) is 5.32 Å². The predicted molar refractivity (Wildman–Crippen MR) is 95.9 cm³/mol. The van der Waals surface area contributed by atoms with Gasteiger partial charge in [0.25, 0.3) is 0 Å². The molecule has 0 radical (unpaired) electrons. The number of amides is 1. The van der Waals surface area contributed by atoms with Gasteiger partial charge in [-0.1, -0.05) is 29.8 Å². The van der Waals surface area contributed by atoms with E-state index in [1.807, 2.05) is 6.92 Å². The number of carbonyl (C=O) groups is 1. The van der Waals surface area contributed by atoms with Gasteiger partial charge in [0.15, 0.2) is 5.37 Å². The third-order valence-corrected chi connectivity index (χ3v) is 6.23. The first-order valence-electron chi connectivity index (χ1n) is 7.81. The second-order valence-corrected chi connectivity index (χ2v) is 8.01.